The molecule has 1 heterocycles. The van der Waals surface area contributed by atoms with Crippen LogP contribution < -0.4 is 14.4 Å². The number of methoxy groups -OCH3 is 1. The summed E-state index contributed by atoms with van der Waals surface area (Å²) in [6, 6.07) is 13.7. The first-order chi connectivity index (χ1) is 18.9. The van der Waals surface area contributed by atoms with Crippen molar-refractivity contribution in [3.63, 3.8) is 0 Å². The van der Waals surface area contributed by atoms with Gasteiger partial charge in [0.15, 0.2) is 6.79 Å². The van der Waals surface area contributed by atoms with Gasteiger partial charge in [-0.1, -0.05) is 34.1 Å². The van der Waals surface area contributed by atoms with Gasteiger partial charge in [0.25, 0.3) is 5.91 Å². The number of fused-ring (bicyclic) bond motifs is 1. The highest BCUT2D eigenvalue weighted by Crippen LogP contribution is 2.38. The maximum atomic E-state index is 13.4. The van der Waals surface area contributed by atoms with Crippen LogP contribution in [0.15, 0.2) is 59.1 Å². The molecule has 0 saturated heterocycles. The van der Waals surface area contributed by atoms with Crippen molar-refractivity contribution in [1.29, 1.82) is 0 Å². The van der Waals surface area contributed by atoms with Crippen molar-refractivity contribution in [1.82, 2.24) is 0 Å². The third-order valence-corrected chi connectivity index (χ3v) is 7.34. The van der Waals surface area contributed by atoms with Crippen molar-refractivity contribution in [2.75, 3.05) is 49.5 Å². The van der Waals surface area contributed by atoms with Crippen molar-refractivity contribution in [2.24, 2.45) is 0 Å². The molecule has 0 bridgehead atoms. The molecule has 0 radical (unpaired) electrons. The second-order valence-corrected chi connectivity index (χ2v) is 11.6. The fourth-order valence-electron chi connectivity index (χ4n) is 4.24. The Kier molecular flexibility index (Phi) is 9.08. The molecule has 1 amide bonds. The molecule has 4 rings (SSSR count). The lowest BCUT2D eigenvalue weighted by molar-refractivity contribution is -0.138. The van der Waals surface area contributed by atoms with E-state index in [1.165, 1.54) is 30.2 Å². The van der Waals surface area contributed by atoms with Crippen LogP contribution >= 0.6 is 15.9 Å². The van der Waals surface area contributed by atoms with Gasteiger partial charge in [-0.15, -0.1) is 0 Å². The molecule has 0 aromatic heterocycles. The largest absolute Gasteiger partial charge is 0.465 e. The topological polar surface area (TPSA) is 94.2 Å². The number of halogens is 4. The van der Waals surface area contributed by atoms with Crippen molar-refractivity contribution >= 4 is 43.2 Å². The lowest BCUT2D eigenvalue weighted by Crippen LogP contribution is -2.37. The Labute approximate surface area is 238 Å². The smallest absolute Gasteiger partial charge is 0.417 e. The van der Waals surface area contributed by atoms with Crippen LogP contribution in [0.4, 0.5) is 24.5 Å². The summed E-state index contributed by atoms with van der Waals surface area (Å²) in [5.74, 6) is -0.0629. The van der Waals surface area contributed by atoms with Gasteiger partial charge in [-0.25, -0.2) is 8.42 Å². The Morgan fingerprint density at radius 3 is 2.42 bits per heavy atom. The maximum Gasteiger partial charge on any atom is 0.417 e. The third kappa shape index (κ3) is 7.14. The van der Waals surface area contributed by atoms with Crippen LogP contribution in [0.3, 0.4) is 0 Å². The van der Waals surface area contributed by atoms with Crippen LogP contribution in [0.1, 0.15) is 21.5 Å². The van der Waals surface area contributed by atoms with Crippen LogP contribution in [0.5, 0.6) is 5.75 Å². The number of sulfonamides is 1. The van der Waals surface area contributed by atoms with Gasteiger partial charge < -0.3 is 19.1 Å². The van der Waals surface area contributed by atoms with E-state index >= 15 is 0 Å². The van der Waals surface area contributed by atoms with E-state index in [-0.39, 0.29) is 28.6 Å². The van der Waals surface area contributed by atoms with Gasteiger partial charge in [-0.2, -0.15) is 13.2 Å². The van der Waals surface area contributed by atoms with Gasteiger partial charge >= 0.3 is 6.18 Å². The minimum Gasteiger partial charge on any atom is -0.465 e. The highest BCUT2D eigenvalue weighted by Gasteiger charge is 2.33. The van der Waals surface area contributed by atoms with E-state index in [0.29, 0.717) is 48.6 Å². The standard InChI is InChI=1S/C27H26BrF3N2O6S/c1-37-11-12-38-16-39-25-8-5-20(15-24(25)32-40(2,35)36)33-10-9-19-13-17(3-6-21(19)26(33)34)18-4-7-22(23(28)14-18)27(29,30)31/h3-8,13-15,32H,9-12,16H2,1-2H3. The number of hydrogen-bond donors (Lipinski definition) is 1. The van der Waals surface area contributed by atoms with Gasteiger partial charge in [-0.05, 0) is 59.5 Å². The number of hydrogen-bond acceptors (Lipinski definition) is 6. The molecule has 13 heteroatoms. The Balaban J connectivity index is 1.57. The third-order valence-electron chi connectivity index (χ3n) is 6.09. The zero-order valence-corrected chi connectivity index (χ0v) is 24.0. The molecule has 40 heavy (non-hydrogen) atoms. The lowest BCUT2D eigenvalue weighted by atomic mass is 9.93. The molecule has 3 aromatic carbocycles. The minimum absolute atomic E-state index is 0.0649. The summed E-state index contributed by atoms with van der Waals surface area (Å²) in [5.41, 5.74) is 2.32. The molecule has 0 atom stereocenters. The first-order valence-electron chi connectivity index (χ1n) is 12.0. The molecule has 0 aliphatic carbocycles. The number of anilines is 2. The lowest BCUT2D eigenvalue weighted by Gasteiger charge is -2.29. The number of ether oxygens (including phenoxy) is 3. The molecule has 1 N–H and O–H groups in total. The molecule has 0 saturated carbocycles. The van der Waals surface area contributed by atoms with E-state index < -0.39 is 21.8 Å². The molecule has 1 aliphatic heterocycles. The minimum atomic E-state index is -4.47. The monoisotopic (exact) mass is 642 g/mol. The Hall–Kier alpha value is -3.13. The predicted octanol–water partition coefficient (Wildman–Crippen LogP) is 5.71. The number of nitrogens with zero attached hydrogens (tertiary/aromatic N) is 1. The van der Waals surface area contributed by atoms with Crippen molar-refractivity contribution < 1.29 is 40.6 Å². The number of carbonyl (C=O) groups is 1. The SMILES string of the molecule is COCCOCOc1ccc(N2CCc3cc(-c4ccc(C(F)(F)F)c(Br)c4)ccc3C2=O)cc1NS(C)(=O)=O. The van der Waals surface area contributed by atoms with Crippen LogP contribution in [-0.2, 0) is 32.1 Å². The van der Waals surface area contributed by atoms with Gasteiger partial charge in [0.05, 0.1) is 30.7 Å². The summed E-state index contributed by atoms with van der Waals surface area (Å²) in [6.07, 6.45) is -2.98. The average Bonchev–Trinajstić information content (AvgIpc) is 2.87. The highest BCUT2D eigenvalue weighted by atomic mass is 79.9. The predicted molar refractivity (Wildman–Crippen MR) is 148 cm³/mol. The summed E-state index contributed by atoms with van der Waals surface area (Å²) in [4.78, 5) is 15.0. The second kappa shape index (κ2) is 12.2. The van der Waals surface area contributed by atoms with Crippen LogP contribution in [0.25, 0.3) is 11.1 Å². The second-order valence-electron chi connectivity index (χ2n) is 8.99. The molecule has 0 spiro atoms. The fourth-order valence-corrected chi connectivity index (χ4v) is 5.40. The normalized spacial score (nSPS) is 13.8. The number of carbonyl (C=O) groups excluding carboxylic acids is 1. The van der Waals surface area contributed by atoms with E-state index in [1.54, 1.807) is 30.3 Å². The molecule has 3 aromatic rings. The van der Waals surface area contributed by atoms with E-state index in [2.05, 4.69) is 20.7 Å². The Morgan fingerprint density at radius 2 is 1.75 bits per heavy atom. The zero-order valence-electron chi connectivity index (χ0n) is 21.5. The molecular weight excluding hydrogens is 617 g/mol. The molecule has 214 valence electrons. The average molecular weight is 643 g/mol. The molecule has 0 unspecified atom stereocenters. The van der Waals surface area contributed by atoms with Crippen molar-refractivity contribution in [3.05, 3.63) is 75.8 Å². The number of rotatable bonds is 10. The van der Waals surface area contributed by atoms with E-state index in [4.69, 9.17) is 14.2 Å². The van der Waals surface area contributed by atoms with Crippen molar-refractivity contribution in [3.8, 4) is 16.9 Å². The van der Waals surface area contributed by atoms with E-state index in [9.17, 15) is 26.4 Å². The molecular formula is C27H26BrF3N2O6S. The molecule has 8 nitrogen and oxygen atoms in total. The van der Waals surface area contributed by atoms with Gasteiger partial charge in [0.2, 0.25) is 10.0 Å². The Morgan fingerprint density at radius 1 is 1.02 bits per heavy atom. The van der Waals surface area contributed by atoms with Crippen LogP contribution in [0.2, 0.25) is 0 Å². The summed E-state index contributed by atoms with van der Waals surface area (Å²) in [6.45, 7) is 0.848. The molecule has 1 aliphatic rings. The van der Waals surface area contributed by atoms with Crippen molar-refractivity contribution in [2.45, 2.75) is 12.6 Å². The zero-order chi connectivity index (χ0) is 29.1. The quantitative estimate of drug-likeness (QED) is 0.225. The molecule has 0 fully saturated rings. The maximum absolute atomic E-state index is 13.4. The number of alkyl halides is 3. The first-order valence-corrected chi connectivity index (χ1v) is 14.7. The number of nitrogens with one attached hydrogen (secondary N) is 1. The van der Waals surface area contributed by atoms with Gasteiger partial charge in [-0.3, -0.25) is 9.52 Å². The summed E-state index contributed by atoms with van der Waals surface area (Å²) in [7, 11) is -2.12. The highest BCUT2D eigenvalue weighted by molar-refractivity contribution is 9.10. The van der Waals surface area contributed by atoms with Gasteiger partial charge in [0.1, 0.15) is 5.75 Å². The van der Waals surface area contributed by atoms with E-state index in [0.717, 1.165) is 17.9 Å². The number of benzene rings is 3. The van der Waals surface area contributed by atoms with E-state index in [1.807, 2.05) is 0 Å². The van der Waals surface area contributed by atoms with Gasteiger partial charge in [0, 0.05) is 29.4 Å². The number of amides is 1. The first kappa shape index (κ1) is 29.8. The Bertz CT molecular complexity index is 1510. The summed E-state index contributed by atoms with van der Waals surface area (Å²) >= 11 is 3.01. The summed E-state index contributed by atoms with van der Waals surface area (Å²) < 4.78 is 81.4. The summed E-state index contributed by atoms with van der Waals surface area (Å²) in [5, 5.41) is 0. The van der Waals surface area contributed by atoms with Crippen LogP contribution in [0, 0.1) is 0 Å². The fraction of sp³-hybridized carbons (Fsp3) is 0.296. The van der Waals surface area contributed by atoms with Crippen LogP contribution in [-0.4, -0.2) is 54.2 Å².